The Morgan fingerprint density at radius 2 is 1.14 bits per heavy atom. The highest BCUT2D eigenvalue weighted by atomic mass is 16.6. The van der Waals surface area contributed by atoms with Crippen molar-refractivity contribution in [3.05, 3.63) is 47.3 Å². The van der Waals surface area contributed by atoms with Gasteiger partial charge in [0.25, 0.3) is 0 Å². The molecule has 14 atom stereocenters. The predicted molar refractivity (Wildman–Crippen MR) is 477 cm³/mol. The van der Waals surface area contributed by atoms with Crippen molar-refractivity contribution in [1.29, 1.82) is 0 Å². The van der Waals surface area contributed by atoms with Gasteiger partial charge in [0.2, 0.25) is 59.1 Å². The minimum absolute atomic E-state index is 0.0245. The highest BCUT2D eigenvalue weighted by molar-refractivity contribution is 5.96. The zero-order chi connectivity index (χ0) is 93.3. The third-order valence-corrected chi connectivity index (χ3v) is 23.0. The molecule has 0 aromatic heterocycles. The van der Waals surface area contributed by atoms with E-state index in [4.69, 9.17) is 52.1 Å². The summed E-state index contributed by atoms with van der Waals surface area (Å²) in [6.07, 6.45) is 4.44. The second-order valence-corrected chi connectivity index (χ2v) is 35.0. The monoisotopic (exact) mass is 1790 g/mol. The number of nitrogens with one attached hydrogen (secondary N) is 9. The van der Waals surface area contributed by atoms with Crippen molar-refractivity contribution in [3.63, 3.8) is 0 Å². The first-order valence-electron chi connectivity index (χ1n) is 45.8. The molecule has 2 aliphatic heterocycles. The molecule has 1 unspecified atom stereocenters. The molecule has 0 spiro atoms. The molecule has 0 saturated carbocycles. The van der Waals surface area contributed by atoms with E-state index in [-0.39, 0.29) is 87.9 Å². The minimum Gasteiger partial charge on any atom is -0.386 e. The van der Waals surface area contributed by atoms with Crippen LogP contribution in [0, 0.1) is 29.6 Å². The molecule has 722 valence electrons. The van der Waals surface area contributed by atoms with Gasteiger partial charge in [0.05, 0.1) is 200 Å². The van der Waals surface area contributed by atoms with E-state index in [2.05, 4.69) is 69.3 Å². The summed E-state index contributed by atoms with van der Waals surface area (Å²) in [7, 11) is 12.3. The summed E-state index contributed by atoms with van der Waals surface area (Å²) < 4.78 is 64.0. The number of benzene rings is 1. The number of hydrogen-bond donors (Lipinski definition) is 10. The molecule has 1 saturated heterocycles. The van der Waals surface area contributed by atoms with Crippen LogP contribution in [0.2, 0.25) is 0 Å². The lowest BCUT2D eigenvalue weighted by Gasteiger charge is -2.41. The maximum atomic E-state index is 15.1. The normalized spacial score (nSPS) is 17.8. The zero-order valence-corrected chi connectivity index (χ0v) is 79.4. The first kappa shape index (κ1) is 111. The summed E-state index contributed by atoms with van der Waals surface area (Å²) in [5.41, 5.74) is 9.13. The number of nitrogens with zero attached hydrogens (tertiary/aromatic N) is 5. The molecule has 10 N–H and O–H groups in total. The number of quaternary nitrogens is 1. The number of allylic oxidation sites excluding steroid dienone is 1. The van der Waals surface area contributed by atoms with Crippen LogP contribution >= 0.6 is 0 Å². The largest absolute Gasteiger partial charge is 0.386 e. The van der Waals surface area contributed by atoms with Gasteiger partial charge in [-0.1, -0.05) is 112 Å². The number of hydrazine groups is 2. The Labute approximate surface area is 750 Å². The average molecular weight is 1790 g/mol. The van der Waals surface area contributed by atoms with Crippen molar-refractivity contribution < 1.29 is 110 Å². The number of ether oxygens (including phenoxy) is 11. The van der Waals surface area contributed by atoms with Crippen LogP contribution in [-0.2, 0) is 100 Å². The molecule has 10 amide bonds. The van der Waals surface area contributed by atoms with Gasteiger partial charge in [0.15, 0.2) is 0 Å². The van der Waals surface area contributed by atoms with Gasteiger partial charge in [0.1, 0.15) is 42.9 Å². The van der Waals surface area contributed by atoms with Crippen molar-refractivity contribution in [2.75, 3.05) is 194 Å². The Balaban J connectivity index is 1.34. The van der Waals surface area contributed by atoms with Crippen LogP contribution in [0.15, 0.2) is 41.7 Å². The van der Waals surface area contributed by atoms with Crippen LogP contribution in [0.25, 0.3) is 0 Å². The Morgan fingerprint density at radius 3 is 1.71 bits per heavy atom. The van der Waals surface area contributed by atoms with Gasteiger partial charge in [-0.2, -0.15) is 0 Å². The minimum atomic E-state index is -1.23. The number of rotatable bonds is 66. The van der Waals surface area contributed by atoms with Crippen LogP contribution in [0.5, 0.6) is 0 Å². The smallest absolute Gasteiger partial charge is 0.246 e. The Morgan fingerprint density at radius 1 is 0.571 bits per heavy atom. The molecule has 3 aliphatic rings. The van der Waals surface area contributed by atoms with Crippen molar-refractivity contribution >= 4 is 59.1 Å². The van der Waals surface area contributed by atoms with Crippen molar-refractivity contribution in [3.8, 4) is 0 Å². The fourth-order valence-electron chi connectivity index (χ4n) is 15.6. The maximum absolute atomic E-state index is 15.1. The molecule has 4 rings (SSSR count). The molecule has 126 heavy (non-hydrogen) atoms. The number of likely N-dealkylation sites (tertiary alicyclic amines) is 1. The van der Waals surface area contributed by atoms with Crippen molar-refractivity contribution in [2.45, 2.75) is 246 Å². The van der Waals surface area contributed by atoms with E-state index in [0.717, 1.165) is 48.1 Å². The summed E-state index contributed by atoms with van der Waals surface area (Å²) in [4.78, 5) is 145. The summed E-state index contributed by atoms with van der Waals surface area (Å²) in [5.74, 6) is -6.89. The summed E-state index contributed by atoms with van der Waals surface area (Å²) in [6, 6.07) is 1.49. The van der Waals surface area contributed by atoms with Gasteiger partial charge in [-0.15, -0.1) is 5.53 Å². The fraction of sp³-hybridized carbons (Fsp3) is 0.800. The van der Waals surface area contributed by atoms with Gasteiger partial charge >= 0.3 is 0 Å². The van der Waals surface area contributed by atoms with E-state index >= 15 is 4.79 Å². The Hall–Kier alpha value is -7.30. The zero-order valence-electron chi connectivity index (χ0n) is 79.4. The summed E-state index contributed by atoms with van der Waals surface area (Å²) >= 11 is 0. The molecule has 1 aromatic rings. The van der Waals surface area contributed by atoms with Gasteiger partial charge in [0, 0.05) is 60.9 Å². The number of carbonyl (C=O) groups excluding carboxylic acids is 10. The Bertz CT molecular complexity index is 3380. The van der Waals surface area contributed by atoms with Crippen LogP contribution in [0.4, 0.5) is 0 Å². The number of unbranched alkanes of at least 4 members (excludes halogenated alkanes) is 1. The SMILES string of the molecule is CCOCCOCCOCCOCCC(=O)N[C@H](CCCCNC(=O)COC1CCCCCC2=C1NNN2CCOCCOCCOCCOCCC(=O)NCC[N+](C)(C)C)C(=O)N[C@H](C(=O)N[C@@H](C)C(=O)N(C)[C@H](C(=O)N[C@H](C(=O)N(C)[C@@H]([C@@H](C)CC)[C@@H](CC(=O)N1CCC[C@H]1[C@H](OC)[C@@H](C)C(=O)N[C@H](C)[C@@H](O)c1ccccc1)OC)C(C)C)C(C)C)C(C)C. The highest BCUT2D eigenvalue weighted by Gasteiger charge is 2.45. The van der Waals surface area contributed by atoms with Crippen molar-refractivity contribution in [1.82, 2.24) is 67.9 Å². The number of aliphatic hydroxyl groups excluding tert-OH is 1. The van der Waals surface area contributed by atoms with Crippen LogP contribution < -0.4 is 48.2 Å². The number of carbonyl (C=O) groups is 10. The van der Waals surface area contributed by atoms with Gasteiger partial charge in [-0.25, -0.2) is 0 Å². The molecule has 1 aromatic carbocycles. The molecular formula is C90H161N14O22+. The van der Waals surface area contributed by atoms with Gasteiger partial charge < -0.3 is 119 Å². The predicted octanol–water partition coefficient (Wildman–Crippen LogP) is 3.83. The third-order valence-electron chi connectivity index (χ3n) is 23.0. The lowest BCUT2D eigenvalue weighted by molar-refractivity contribution is -0.869. The fourth-order valence-corrected chi connectivity index (χ4v) is 15.6. The molecule has 2 heterocycles. The topological polar surface area (TPSA) is 414 Å². The van der Waals surface area contributed by atoms with E-state index in [9.17, 15) is 48.3 Å². The van der Waals surface area contributed by atoms with E-state index in [1.165, 1.54) is 33.1 Å². The third kappa shape index (κ3) is 40.4. The average Bonchev–Trinajstić information content (AvgIpc) is 1.57. The number of methoxy groups -OCH3 is 2. The molecule has 0 bridgehead atoms. The maximum Gasteiger partial charge on any atom is 0.246 e. The van der Waals surface area contributed by atoms with Crippen molar-refractivity contribution in [2.24, 2.45) is 29.6 Å². The van der Waals surface area contributed by atoms with Gasteiger partial charge in [-0.3, -0.25) is 53.0 Å². The number of amides is 10. The van der Waals surface area contributed by atoms with E-state index < -0.39 is 126 Å². The van der Waals surface area contributed by atoms with E-state index in [1.54, 1.807) is 84.4 Å². The second kappa shape index (κ2) is 61.3. The molecular weight excluding hydrogens is 1630 g/mol. The molecule has 0 radical (unpaired) electrons. The van der Waals surface area contributed by atoms with Crippen LogP contribution in [0.3, 0.4) is 0 Å². The lowest BCUT2D eigenvalue weighted by Crippen LogP contribution is -2.62. The quantitative estimate of drug-likeness (QED) is 0.0327. The van der Waals surface area contributed by atoms with E-state index in [0.29, 0.717) is 156 Å². The molecule has 1 aliphatic carbocycles. The standard InChI is InChI=1S/C90H160N14O22/c1-20-64(9)82(73(116-18)59-77(108)102-41-30-35-71(102)84(117-19)65(10)85(110)93-66(11)83(109)68-31-24-22-25-32-68)101(14)90(115)79(62(5)6)97-88(113)81(63(7)8)100(13)89(114)67(12)94-87(112)78(61(3)4)96-86(111)69(95-75(106)38-45-120-50-53-124-56-55-122-48-47-118-21-2)33-28-29-39-91-76(107)60-126-72-36-27-23-26-34-70-80(72)98-99-103(70)42-46-121-51-54-125-58-57-123-52-49-119-44-37-74(105)92-40-43-104(15,16)17/h22,24-25,31-32,61-67,69,71-73,78-79,81-84,98-99,109H,20-21,23,26-30,33-60H2,1-19H3,(H6-,91,92,93,94,95,96,97,105,106,107,110,111,112,113)/p+1/t64-,65+,66+,67-,69+,71-,72?,73+,78-,79-,81-,82-,83+,84+/m0/s1. The lowest BCUT2D eigenvalue weighted by atomic mass is 9.89. The molecule has 1 fully saturated rings. The molecule has 36 nitrogen and oxygen atoms in total. The highest BCUT2D eigenvalue weighted by Crippen LogP contribution is 2.32. The van der Waals surface area contributed by atoms with Gasteiger partial charge in [-0.05, 0) is 101 Å². The number of hydrogen-bond acceptors (Lipinski definition) is 25. The number of likely N-dealkylation sites (N-methyl/N-ethyl adjacent to an activating group) is 3. The first-order chi connectivity index (χ1) is 60.1. The summed E-state index contributed by atoms with van der Waals surface area (Å²) in [5, 5.41) is 33.3. The summed E-state index contributed by atoms with van der Waals surface area (Å²) in [6.45, 7) is 29.8. The van der Waals surface area contributed by atoms with E-state index in [1.807, 2.05) is 44.0 Å². The first-order valence-corrected chi connectivity index (χ1v) is 45.8. The van der Waals surface area contributed by atoms with Crippen LogP contribution in [-0.4, -0.2) is 350 Å². The number of aliphatic hydroxyl groups is 1. The molecule has 36 heteroatoms. The Kier molecular flexibility index (Phi) is 54.0. The van der Waals surface area contributed by atoms with Crippen LogP contribution in [0.1, 0.15) is 185 Å². The second-order valence-electron chi connectivity index (χ2n) is 35.0.